The predicted octanol–water partition coefficient (Wildman–Crippen LogP) is -0.217. The summed E-state index contributed by atoms with van der Waals surface area (Å²) < 4.78 is 32.6. The molecule has 0 fully saturated rings. The van der Waals surface area contributed by atoms with Crippen LogP contribution >= 0.6 is 0 Å². The van der Waals surface area contributed by atoms with Crippen LogP contribution in [0.4, 0.5) is 0 Å². The molecule has 7 nitrogen and oxygen atoms in total. The van der Waals surface area contributed by atoms with Crippen molar-refractivity contribution in [2.45, 2.75) is 20.3 Å². The maximum Gasteiger partial charge on any atom is 0.397 e. The van der Waals surface area contributed by atoms with Crippen molar-refractivity contribution in [3.8, 4) is 0 Å². The highest BCUT2D eigenvalue weighted by Crippen LogP contribution is 2.06. The van der Waals surface area contributed by atoms with Crippen LogP contribution in [0.3, 0.4) is 0 Å². The number of hydrogen-bond donors (Lipinski definition) is 2. The SMILES string of the molecule is CC(C=O)C(C)CNC(=O)CCOS(=O)(=O)O. The number of nitrogens with one attached hydrogen (secondary N) is 1. The van der Waals surface area contributed by atoms with E-state index in [9.17, 15) is 18.0 Å². The Kier molecular flexibility index (Phi) is 6.93. The van der Waals surface area contributed by atoms with Crippen molar-refractivity contribution in [2.75, 3.05) is 13.2 Å². The van der Waals surface area contributed by atoms with E-state index in [1.54, 1.807) is 6.92 Å². The van der Waals surface area contributed by atoms with Crippen molar-refractivity contribution in [3.63, 3.8) is 0 Å². The van der Waals surface area contributed by atoms with E-state index in [4.69, 9.17) is 4.55 Å². The molecular formula is C9H17NO6S. The summed E-state index contributed by atoms with van der Waals surface area (Å²) in [7, 11) is -4.49. The highest BCUT2D eigenvalue weighted by Gasteiger charge is 2.13. The number of aldehydes is 1. The van der Waals surface area contributed by atoms with E-state index in [-0.39, 0.29) is 18.3 Å². The predicted molar refractivity (Wildman–Crippen MR) is 59.5 cm³/mol. The molecule has 0 saturated carbocycles. The van der Waals surface area contributed by atoms with Crippen LogP contribution in [0.2, 0.25) is 0 Å². The van der Waals surface area contributed by atoms with Crippen LogP contribution < -0.4 is 5.32 Å². The lowest BCUT2D eigenvalue weighted by molar-refractivity contribution is -0.122. The van der Waals surface area contributed by atoms with Crippen LogP contribution in [0.1, 0.15) is 20.3 Å². The molecule has 0 spiro atoms. The second-order valence-corrected chi connectivity index (χ2v) is 4.87. The third-order valence-corrected chi connectivity index (χ3v) is 2.76. The number of hydrogen-bond acceptors (Lipinski definition) is 5. The molecule has 0 aliphatic rings. The largest absolute Gasteiger partial charge is 0.397 e. The Hall–Kier alpha value is -0.990. The number of amides is 1. The number of carbonyl (C=O) groups excluding carboxylic acids is 2. The lowest BCUT2D eigenvalue weighted by Crippen LogP contribution is -2.31. The molecule has 2 unspecified atom stereocenters. The van der Waals surface area contributed by atoms with Crippen molar-refractivity contribution in [3.05, 3.63) is 0 Å². The molecule has 0 aromatic heterocycles. The van der Waals surface area contributed by atoms with Gasteiger partial charge < -0.3 is 10.1 Å². The maximum atomic E-state index is 11.2. The van der Waals surface area contributed by atoms with Crippen molar-refractivity contribution >= 4 is 22.6 Å². The highest BCUT2D eigenvalue weighted by molar-refractivity contribution is 7.80. The van der Waals surface area contributed by atoms with E-state index in [2.05, 4.69) is 9.50 Å². The van der Waals surface area contributed by atoms with Crippen molar-refractivity contribution in [1.29, 1.82) is 0 Å². The Morgan fingerprint density at radius 1 is 1.47 bits per heavy atom. The van der Waals surface area contributed by atoms with Crippen LogP contribution in [-0.4, -0.2) is 38.3 Å². The molecule has 0 aromatic rings. The van der Waals surface area contributed by atoms with E-state index in [0.717, 1.165) is 6.29 Å². The van der Waals surface area contributed by atoms with E-state index in [1.165, 1.54) is 0 Å². The molecule has 0 heterocycles. The molecule has 0 aromatic carbocycles. The highest BCUT2D eigenvalue weighted by atomic mass is 32.3. The first-order valence-corrected chi connectivity index (χ1v) is 6.46. The average molecular weight is 267 g/mol. The molecule has 0 aliphatic carbocycles. The zero-order valence-corrected chi connectivity index (χ0v) is 10.6. The van der Waals surface area contributed by atoms with Crippen molar-refractivity contribution < 1.29 is 26.7 Å². The van der Waals surface area contributed by atoms with Gasteiger partial charge in [0.2, 0.25) is 5.91 Å². The lowest BCUT2D eigenvalue weighted by atomic mass is 9.98. The molecule has 0 saturated heterocycles. The quantitative estimate of drug-likeness (QED) is 0.465. The van der Waals surface area contributed by atoms with Gasteiger partial charge in [-0.1, -0.05) is 13.8 Å². The molecule has 2 N–H and O–H groups in total. The first kappa shape index (κ1) is 16.0. The Labute approximate surface area is 100 Å². The third-order valence-electron chi connectivity index (χ3n) is 2.29. The standard InChI is InChI=1S/C9H17NO6S/c1-7(8(2)6-11)5-10-9(12)3-4-16-17(13,14)15/h6-8H,3-5H2,1-2H3,(H,10,12)(H,13,14,15). The van der Waals surface area contributed by atoms with Gasteiger partial charge in [0.05, 0.1) is 13.0 Å². The molecule has 2 atom stereocenters. The molecular weight excluding hydrogens is 250 g/mol. The smallest absolute Gasteiger partial charge is 0.356 e. The van der Waals surface area contributed by atoms with Gasteiger partial charge in [0.1, 0.15) is 6.29 Å². The Bertz CT molecular complexity index is 352. The Morgan fingerprint density at radius 3 is 2.53 bits per heavy atom. The molecule has 100 valence electrons. The number of rotatable bonds is 8. The average Bonchev–Trinajstić information content (AvgIpc) is 2.22. The summed E-state index contributed by atoms with van der Waals surface area (Å²) in [6.45, 7) is 3.46. The monoisotopic (exact) mass is 267 g/mol. The fraction of sp³-hybridized carbons (Fsp3) is 0.778. The zero-order valence-electron chi connectivity index (χ0n) is 9.75. The normalized spacial score (nSPS) is 15.0. The third kappa shape index (κ3) is 8.78. The van der Waals surface area contributed by atoms with Gasteiger partial charge in [0, 0.05) is 12.5 Å². The lowest BCUT2D eigenvalue weighted by Gasteiger charge is -2.14. The minimum atomic E-state index is -4.49. The molecule has 0 radical (unpaired) electrons. The van der Waals surface area contributed by atoms with Gasteiger partial charge in [0.15, 0.2) is 0 Å². The summed E-state index contributed by atoms with van der Waals surface area (Å²) in [4.78, 5) is 21.6. The molecule has 0 rings (SSSR count). The summed E-state index contributed by atoms with van der Waals surface area (Å²) in [6, 6.07) is 0. The van der Waals surface area contributed by atoms with Gasteiger partial charge in [0.25, 0.3) is 0 Å². The van der Waals surface area contributed by atoms with Gasteiger partial charge >= 0.3 is 10.4 Å². The van der Waals surface area contributed by atoms with Gasteiger partial charge in [-0.25, -0.2) is 4.18 Å². The number of carbonyl (C=O) groups is 2. The summed E-state index contributed by atoms with van der Waals surface area (Å²) in [5.74, 6) is -0.568. The van der Waals surface area contributed by atoms with E-state index < -0.39 is 22.9 Å². The van der Waals surface area contributed by atoms with Gasteiger partial charge in [-0.05, 0) is 5.92 Å². The van der Waals surface area contributed by atoms with Gasteiger partial charge in [-0.2, -0.15) is 8.42 Å². The van der Waals surface area contributed by atoms with E-state index >= 15 is 0 Å². The maximum absolute atomic E-state index is 11.2. The van der Waals surface area contributed by atoms with Crippen LogP contribution in [0, 0.1) is 11.8 Å². The summed E-state index contributed by atoms with van der Waals surface area (Å²) in [5, 5.41) is 2.53. The summed E-state index contributed by atoms with van der Waals surface area (Å²) in [6.07, 6.45) is 0.625. The molecule has 17 heavy (non-hydrogen) atoms. The van der Waals surface area contributed by atoms with Crippen LogP contribution in [0.25, 0.3) is 0 Å². The fourth-order valence-electron chi connectivity index (χ4n) is 0.923. The first-order chi connectivity index (χ1) is 7.76. The first-order valence-electron chi connectivity index (χ1n) is 5.10. The Balaban J connectivity index is 3.77. The van der Waals surface area contributed by atoms with Crippen LogP contribution in [0.15, 0.2) is 0 Å². The van der Waals surface area contributed by atoms with Crippen LogP contribution in [-0.2, 0) is 24.2 Å². The molecule has 0 aliphatic heterocycles. The van der Waals surface area contributed by atoms with Crippen LogP contribution in [0.5, 0.6) is 0 Å². The van der Waals surface area contributed by atoms with Gasteiger partial charge in [-0.3, -0.25) is 9.35 Å². The molecule has 0 bridgehead atoms. The van der Waals surface area contributed by atoms with Crippen molar-refractivity contribution in [2.24, 2.45) is 11.8 Å². The van der Waals surface area contributed by atoms with Gasteiger partial charge in [-0.15, -0.1) is 0 Å². The van der Waals surface area contributed by atoms with E-state index in [0.29, 0.717) is 6.54 Å². The second-order valence-electron chi connectivity index (χ2n) is 3.78. The van der Waals surface area contributed by atoms with Crippen molar-refractivity contribution in [1.82, 2.24) is 5.32 Å². The zero-order chi connectivity index (χ0) is 13.5. The second kappa shape index (κ2) is 7.36. The minimum absolute atomic E-state index is 0.000979. The molecule has 1 amide bonds. The fourth-order valence-corrected chi connectivity index (χ4v) is 1.22. The topological polar surface area (TPSA) is 110 Å². The summed E-state index contributed by atoms with van der Waals surface area (Å²) >= 11 is 0. The Morgan fingerprint density at radius 2 is 2.06 bits per heavy atom. The summed E-state index contributed by atoms with van der Waals surface area (Å²) in [5.41, 5.74) is 0. The minimum Gasteiger partial charge on any atom is -0.356 e. The van der Waals surface area contributed by atoms with E-state index in [1.807, 2.05) is 6.92 Å². The molecule has 8 heteroatoms.